The van der Waals surface area contributed by atoms with E-state index in [4.69, 9.17) is 0 Å². The van der Waals surface area contributed by atoms with Gasteiger partial charge in [0, 0.05) is 28.6 Å². The Morgan fingerprint density at radius 2 is 1.65 bits per heavy atom. The Morgan fingerprint density at radius 1 is 0.923 bits per heavy atom. The fraction of sp³-hybridized carbons (Fsp3) is 0.360. The molecule has 1 heterocycles. The van der Waals surface area contributed by atoms with E-state index >= 15 is 0 Å². The standard InChI is InChI=1S/C25H29N/c1-4-6-7-13-19-25(18-5-2,21-14-9-8-10-15-21)24-20(3)26-23-17-12-11-16-22(23)24/h8-12,14-17,26H,4-7,18H2,1-3H3. The number of unbranched alkanes of at least 4 members (excludes halogenated alkanes) is 2. The molecule has 1 N–H and O–H groups in total. The highest BCUT2D eigenvalue weighted by Gasteiger charge is 2.35. The first-order chi connectivity index (χ1) is 12.7. The molecule has 2 aromatic carbocycles. The minimum atomic E-state index is -0.257. The van der Waals surface area contributed by atoms with Crippen molar-refractivity contribution in [3.8, 4) is 11.8 Å². The van der Waals surface area contributed by atoms with Crippen molar-refractivity contribution in [2.45, 2.75) is 58.3 Å². The van der Waals surface area contributed by atoms with Gasteiger partial charge in [0.1, 0.15) is 0 Å². The third kappa shape index (κ3) is 3.42. The highest BCUT2D eigenvalue weighted by atomic mass is 14.7. The minimum absolute atomic E-state index is 0.257. The van der Waals surface area contributed by atoms with Gasteiger partial charge in [-0.15, -0.1) is 5.92 Å². The molecule has 3 aromatic rings. The van der Waals surface area contributed by atoms with Crippen LogP contribution in [0.5, 0.6) is 0 Å². The number of rotatable bonds is 6. The van der Waals surface area contributed by atoms with Gasteiger partial charge in [-0.3, -0.25) is 0 Å². The van der Waals surface area contributed by atoms with E-state index in [0.29, 0.717) is 0 Å². The molecule has 0 saturated heterocycles. The summed E-state index contributed by atoms with van der Waals surface area (Å²) in [6.07, 6.45) is 5.44. The lowest BCUT2D eigenvalue weighted by Crippen LogP contribution is -2.26. The number of nitrogens with one attached hydrogen (secondary N) is 1. The zero-order valence-corrected chi connectivity index (χ0v) is 16.2. The number of hydrogen-bond donors (Lipinski definition) is 1. The summed E-state index contributed by atoms with van der Waals surface area (Å²) in [4.78, 5) is 3.59. The summed E-state index contributed by atoms with van der Waals surface area (Å²) < 4.78 is 0. The minimum Gasteiger partial charge on any atom is -0.358 e. The highest BCUT2D eigenvalue weighted by Crippen LogP contribution is 2.42. The zero-order chi connectivity index (χ0) is 18.4. The number of fused-ring (bicyclic) bond motifs is 1. The lowest BCUT2D eigenvalue weighted by Gasteiger charge is -2.30. The first-order valence-electron chi connectivity index (χ1n) is 9.86. The van der Waals surface area contributed by atoms with Crippen molar-refractivity contribution in [2.75, 3.05) is 0 Å². The molecule has 134 valence electrons. The maximum atomic E-state index is 3.75. The number of H-pyrrole nitrogens is 1. The molecule has 3 rings (SSSR count). The van der Waals surface area contributed by atoms with Gasteiger partial charge >= 0.3 is 0 Å². The smallest absolute Gasteiger partial charge is 0.0834 e. The molecular weight excluding hydrogens is 314 g/mol. The number of aromatic nitrogens is 1. The van der Waals surface area contributed by atoms with Crippen molar-refractivity contribution in [3.63, 3.8) is 0 Å². The van der Waals surface area contributed by atoms with Crippen molar-refractivity contribution in [2.24, 2.45) is 0 Å². The van der Waals surface area contributed by atoms with Crippen LogP contribution in [0.4, 0.5) is 0 Å². The van der Waals surface area contributed by atoms with E-state index in [-0.39, 0.29) is 5.41 Å². The maximum absolute atomic E-state index is 3.75. The SMILES string of the molecule is CCCCC#CC(CCC)(c1ccccc1)c1c(C)[nH]c2ccccc12. The quantitative estimate of drug-likeness (QED) is 0.376. The Hall–Kier alpha value is -2.46. The summed E-state index contributed by atoms with van der Waals surface area (Å²) in [7, 11) is 0. The number of para-hydroxylation sites is 1. The summed E-state index contributed by atoms with van der Waals surface area (Å²) in [6.45, 7) is 6.67. The van der Waals surface area contributed by atoms with Gasteiger partial charge in [-0.05, 0) is 31.4 Å². The van der Waals surface area contributed by atoms with Crippen molar-refractivity contribution in [1.29, 1.82) is 0 Å². The molecular formula is C25H29N. The molecule has 1 heteroatoms. The molecule has 0 fully saturated rings. The van der Waals surface area contributed by atoms with Crippen LogP contribution >= 0.6 is 0 Å². The Labute approximate surface area is 157 Å². The summed E-state index contributed by atoms with van der Waals surface area (Å²) in [6, 6.07) is 19.5. The van der Waals surface area contributed by atoms with E-state index in [9.17, 15) is 0 Å². The topological polar surface area (TPSA) is 15.8 Å². The van der Waals surface area contributed by atoms with Crippen LogP contribution in [0.25, 0.3) is 10.9 Å². The lowest BCUT2D eigenvalue weighted by atomic mass is 9.70. The van der Waals surface area contributed by atoms with Gasteiger partial charge in [-0.2, -0.15) is 0 Å². The second-order valence-electron chi connectivity index (χ2n) is 7.10. The van der Waals surface area contributed by atoms with E-state index in [1.165, 1.54) is 34.1 Å². The number of hydrogen-bond acceptors (Lipinski definition) is 0. The second kappa shape index (κ2) is 8.28. The van der Waals surface area contributed by atoms with Crippen molar-refractivity contribution < 1.29 is 0 Å². The zero-order valence-electron chi connectivity index (χ0n) is 16.2. The van der Waals surface area contributed by atoms with Crippen LogP contribution in [-0.2, 0) is 5.41 Å². The molecule has 1 aromatic heterocycles. The number of aromatic amines is 1. The molecule has 0 aliphatic carbocycles. The van der Waals surface area contributed by atoms with Gasteiger partial charge in [-0.1, -0.05) is 81.1 Å². The number of aryl methyl sites for hydroxylation is 1. The third-order valence-corrected chi connectivity index (χ3v) is 5.17. The molecule has 0 saturated carbocycles. The van der Waals surface area contributed by atoms with E-state index in [1.807, 2.05) is 0 Å². The van der Waals surface area contributed by atoms with Crippen molar-refractivity contribution in [1.82, 2.24) is 4.98 Å². The van der Waals surface area contributed by atoms with Crippen LogP contribution in [0.2, 0.25) is 0 Å². The van der Waals surface area contributed by atoms with Crippen LogP contribution in [0.3, 0.4) is 0 Å². The van der Waals surface area contributed by atoms with Crippen LogP contribution in [-0.4, -0.2) is 4.98 Å². The van der Waals surface area contributed by atoms with Crippen molar-refractivity contribution >= 4 is 10.9 Å². The van der Waals surface area contributed by atoms with Gasteiger partial charge in [0.2, 0.25) is 0 Å². The predicted molar refractivity (Wildman–Crippen MR) is 112 cm³/mol. The lowest BCUT2D eigenvalue weighted by molar-refractivity contribution is 0.589. The summed E-state index contributed by atoms with van der Waals surface area (Å²) in [5.41, 5.74) is 4.83. The summed E-state index contributed by atoms with van der Waals surface area (Å²) >= 11 is 0. The maximum Gasteiger partial charge on any atom is 0.0834 e. The second-order valence-corrected chi connectivity index (χ2v) is 7.10. The molecule has 1 atom stereocenters. The molecule has 0 radical (unpaired) electrons. The molecule has 1 unspecified atom stereocenters. The van der Waals surface area contributed by atoms with E-state index < -0.39 is 0 Å². The summed E-state index contributed by atoms with van der Waals surface area (Å²) in [5, 5.41) is 1.30. The fourth-order valence-electron chi connectivity index (χ4n) is 4.01. The molecule has 0 aliphatic heterocycles. The summed E-state index contributed by atoms with van der Waals surface area (Å²) in [5.74, 6) is 7.28. The average molecular weight is 344 g/mol. The van der Waals surface area contributed by atoms with Gasteiger partial charge in [0.05, 0.1) is 5.41 Å². The van der Waals surface area contributed by atoms with E-state index in [2.05, 4.69) is 92.2 Å². The molecule has 0 bridgehead atoms. The molecule has 26 heavy (non-hydrogen) atoms. The molecule has 1 nitrogen and oxygen atoms in total. The molecule has 0 spiro atoms. The molecule has 0 aliphatic rings. The fourth-order valence-corrected chi connectivity index (χ4v) is 4.01. The van der Waals surface area contributed by atoms with E-state index in [0.717, 1.165) is 25.7 Å². The predicted octanol–water partition coefficient (Wildman–Crippen LogP) is 6.76. The van der Waals surface area contributed by atoms with E-state index in [1.54, 1.807) is 0 Å². The monoisotopic (exact) mass is 343 g/mol. The Bertz CT molecular complexity index is 907. The number of benzene rings is 2. The third-order valence-electron chi connectivity index (χ3n) is 5.17. The first kappa shape index (κ1) is 18.3. The largest absolute Gasteiger partial charge is 0.358 e. The van der Waals surface area contributed by atoms with Crippen LogP contribution in [0.1, 0.15) is 62.8 Å². The van der Waals surface area contributed by atoms with Crippen LogP contribution in [0, 0.1) is 18.8 Å². The van der Waals surface area contributed by atoms with Crippen molar-refractivity contribution in [3.05, 3.63) is 71.4 Å². The van der Waals surface area contributed by atoms with Gasteiger partial charge in [0.25, 0.3) is 0 Å². The molecule has 0 amide bonds. The Morgan fingerprint density at radius 3 is 2.38 bits per heavy atom. The first-order valence-corrected chi connectivity index (χ1v) is 9.86. The van der Waals surface area contributed by atoms with Crippen LogP contribution in [0.15, 0.2) is 54.6 Å². The Kier molecular flexibility index (Phi) is 5.84. The van der Waals surface area contributed by atoms with Crippen LogP contribution < -0.4 is 0 Å². The van der Waals surface area contributed by atoms with Gasteiger partial charge in [0.15, 0.2) is 0 Å². The van der Waals surface area contributed by atoms with Gasteiger partial charge in [-0.25, -0.2) is 0 Å². The highest BCUT2D eigenvalue weighted by molar-refractivity contribution is 5.87. The van der Waals surface area contributed by atoms with Gasteiger partial charge < -0.3 is 4.98 Å². The Balaban J connectivity index is 2.27. The normalized spacial score (nSPS) is 13.2. The average Bonchev–Trinajstić information content (AvgIpc) is 3.01.